The molecule has 4 aromatic rings. The van der Waals surface area contributed by atoms with Crippen LogP contribution in [0.15, 0.2) is 71.2 Å². The lowest BCUT2D eigenvalue weighted by Gasteiger charge is -2.45. The van der Waals surface area contributed by atoms with Crippen LogP contribution in [-0.2, 0) is 47.5 Å². The Kier molecular flexibility index (Phi) is 19.7. The first-order valence-electron chi connectivity index (χ1n) is 24.9. The Hall–Kier alpha value is -6.70. The van der Waals surface area contributed by atoms with E-state index in [1.165, 1.54) is 36.4 Å². The second-order valence-electron chi connectivity index (χ2n) is 19.2. The quantitative estimate of drug-likeness (QED) is 0.0138. The summed E-state index contributed by atoms with van der Waals surface area (Å²) in [6, 6.07) is 12.1. The maximum absolute atomic E-state index is 13.1. The number of carbonyl (C=O) groups excluding carboxylic acids is 2. The van der Waals surface area contributed by atoms with Crippen molar-refractivity contribution in [3.8, 4) is 45.8 Å². The topological polar surface area (TPSA) is 499 Å². The van der Waals surface area contributed by atoms with Crippen molar-refractivity contribution in [2.24, 2.45) is 0 Å². The number of phenols is 3. The van der Waals surface area contributed by atoms with Gasteiger partial charge in [0.05, 0.1) is 24.8 Å². The second-order valence-corrected chi connectivity index (χ2v) is 19.2. The number of aromatic hydroxyl groups is 3. The Balaban J connectivity index is 1.08. The molecule has 448 valence electrons. The molecule has 4 aliphatic rings. The van der Waals surface area contributed by atoms with Crippen LogP contribution in [0.2, 0.25) is 0 Å². The minimum atomic E-state index is -2.17. The van der Waals surface area contributed by atoms with Crippen LogP contribution in [-0.4, -0.2) is 254 Å². The summed E-state index contributed by atoms with van der Waals surface area (Å²) in [5, 5.41) is 178. The normalized spacial score (nSPS) is 34.1. The smallest absolute Gasteiger partial charge is 0.402 e. The lowest BCUT2D eigenvalue weighted by Crippen LogP contribution is -2.65. The molecule has 0 amide bonds. The van der Waals surface area contributed by atoms with Gasteiger partial charge in [-0.05, 0) is 35.9 Å². The predicted molar refractivity (Wildman–Crippen MR) is 262 cm³/mol. The molecule has 4 aliphatic heterocycles. The first-order chi connectivity index (χ1) is 39.0. The van der Waals surface area contributed by atoms with Crippen molar-refractivity contribution in [3.63, 3.8) is 0 Å². The number of rotatable bonds is 19. The highest BCUT2D eigenvalue weighted by Gasteiger charge is 2.53. The minimum Gasteiger partial charge on any atom is -0.507 e. The van der Waals surface area contributed by atoms with Crippen molar-refractivity contribution in [1.82, 2.24) is 0 Å². The van der Waals surface area contributed by atoms with Crippen molar-refractivity contribution < 1.29 is 153 Å². The van der Waals surface area contributed by atoms with Crippen molar-refractivity contribution in [2.45, 2.75) is 129 Å². The van der Waals surface area contributed by atoms with E-state index in [0.717, 1.165) is 36.4 Å². The minimum absolute atomic E-state index is 0.0857. The summed E-state index contributed by atoms with van der Waals surface area (Å²) in [4.78, 5) is 36.1. The number of hydrogen-bond acceptors (Lipinski definition) is 29. The second kappa shape index (κ2) is 26.3. The first kappa shape index (κ1) is 61.4. The van der Waals surface area contributed by atoms with Crippen molar-refractivity contribution in [1.29, 1.82) is 0 Å². The number of fused-ring (bicyclic) bond motifs is 1. The Morgan fingerprint density at radius 2 is 1.07 bits per heavy atom. The van der Waals surface area contributed by atoms with Gasteiger partial charge >= 0.3 is 29.3 Å². The summed E-state index contributed by atoms with van der Waals surface area (Å²) in [6.07, 6.45) is -35.9. The summed E-state index contributed by atoms with van der Waals surface area (Å²) >= 11 is 0. The number of carbonyl (C=O) groups is 3. The predicted octanol–water partition coefficient (Wildman–Crippen LogP) is -4.85. The highest BCUT2D eigenvalue weighted by Crippen LogP contribution is 2.44. The third-order valence-electron chi connectivity index (χ3n) is 13.5. The van der Waals surface area contributed by atoms with Crippen molar-refractivity contribution in [3.05, 3.63) is 72.3 Å². The third kappa shape index (κ3) is 13.7. The molecule has 0 saturated carbocycles. The molecule has 5 heterocycles. The molecule has 0 bridgehead atoms. The number of aliphatic carboxylic acids is 1. The molecule has 82 heavy (non-hydrogen) atoms. The van der Waals surface area contributed by atoms with Crippen LogP contribution < -0.4 is 14.2 Å². The number of phenolic OH excluding ortho intramolecular Hbond substituents is 3. The van der Waals surface area contributed by atoms with Crippen molar-refractivity contribution in [2.75, 3.05) is 26.4 Å². The van der Waals surface area contributed by atoms with Gasteiger partial charge in [0.25, 0.3) is 0 Å². The molecule has 20 atom stereocenters. The van der Waals surface area contributed by atoms with Crippen LogP contribution in [0.3, 0.4) is 0 Å². The monoisotopic (exact) mass is 1170 g/mol. The molecule has 0 radical (unpaired) electrons. The summed E-state index contributed by atoms with van der Waals surface area (Å²) in [5.74, 6) is -6.89. The van der Waals surface area contributed by atoms with Gasteiger partial charge in [-0.3, -0.25) is 9.59 Å². The molecule has 31 heteroatoms. The number of aliphatic hydroxyl groups is 13. The van der Waals surface area contributed by atoms with E-state index in [2.05, 4.69) is 0 Å². The van der Waals surface area contributed by atoms with Gasteiger partial charge in [0.15, 0.2) is 23.9 Å². The number of carboxylic acid groups (broad SMARTS) is 1. The molecule has 4 saturated heterocycles. The maximum Gasteiger partial charge on any atom is 0.402 e. The van der Waals surface area contributed by atoms with Crippen molar-refractivity contribution >= 4 is 35.0 Å². The summed E-state index contributed by atoms with van der Waals surface area (Å²) in [6.45, 7) is -3.29. The molecule has 31 nitrogen and oxygen atoms in total. The lowest BCUT2D eigenvalue weighted by molar-refractivity contribution is -0.357. The van der Waals surface area contributed by atoms with Gasteiger partial charge in [-0.15, -0.1) is 0 Å². The lowest BCUT2D eigenvalue weighted by atomic mass is 9.97. The zero-order valence-corrected chi connectivity index (χ0v) is 42.3. The highest BCUT2D eigenvalue weighted by molar-refractivity contribution is 5.90. The first-order valence-corrected chi connectivity index (χ1v) is 24.9. The average molecular weight is 1170 g/mol. The molecule has 4 fully saturated rings. The van der Waals surface area contributed by atoms with E-state index in [1.807, 2.05) is 0 Å². The van der Waals surface area contributed by atoms with Crippen LogP contribution in [0.1, 0.15) is 12.0 Å². The zero-order valence-electron chi connectivity index (χ0n) is 42.3. The number of benzene rings is 3. The van der Waals surface area contributed by atoms with Gasteiger partial charge in [-0.1, -0.05) is 12.1 Å². The maximum atomic E-state index is 13.1. The fourth-order valence-electron chi connectivity index (χ4n) is 8.92. The summed E-state index contributed by atoms with van der Waals surface area (Å²) < 4.78 is 62.8. The number of aliphatic hydroxyl groups excluding tert-OH is 13. The molecular weight excluding hydrogens is 1110 g/mol. The fraction of sp³-hybridized carbons (Fsp3) is 0.490. The van der Waals surface area contributed by atoms with E-state index in [0.29, 0.717) is 5.56 Å². The Morgan fingerprint density at radius 1 is 0.537 bits per heavy atom. The van der Waals surface area contributed by atoms with Gasteiger partial charge in [0.1, 0.15) is 134 Å². The fourth-order valence-corrected chi connectivity index (χ4v) is 8.92. The van der Waals surface area contributed by atoms with E-state index in [1.54, 1.807) is 0 Å². The number of esters is 2. The standard InChI is InChI=1S/C51H58O31/c52-14-28-35(61)39(65)43(69)48(78-28)74-21-5-1-18(2-6-21)3-8-33(59)72-16-31-38(64)42(68)47(82-50-45(71)40(66)36(62)29(15-53)79-50)51(81-31)77-27-12-22-25(75-46(27)19-4-7-23(55)24(56)9-19)10-20(54)11-26(22)76-49-44(70)41(67)37(63)30(80-49)17-73-34(60)13-32(57)58/h1-12,28-31,35-45,47-53,61-71H,13-17H2,(H3-,54,55,56,57,58)/p+1/b8-3+/t28-,29-,30-,31-,35-,36-,37-,38-,39+,40+,41+,42+,43-,44-,45-,47-,48-,49-,50+,51-/m1/s1. The molecule has 17 N–H and O–H groups in total. The van der Waals surface area contributed by atoms with Crippen LogP contribution in [0, 0.1) is 0 Å². The Labute approximate surface area is 460 Å². The van der Waals surface area contributed by atoms with E-state index in [9.17, 15) is 96.1 Å². The molecule has 0 aliphatic carbocycles. The molecular formula is C51H59O31+. The van der Waals surface area contributed by atoms with Crippen LogP contribution >= 0.6 is 0 Å². The molecule has 0 unspecified atom stereocenters. The number of hydrogen-bond donors (Lipinski definition) is 17. The van der Waals surface area contributed by atoms with Crippen LogP contribution in [0.4, 0.5) is 0 Å². The van der Waals surface area contributed by atoms with E-state index in [-0.39, 0.29) is 28.0 Å². The summed E-state index contributed by atoms with van der Waals surface area (Å²) in [5.41, 5.74) is 0.0171. The SMILES string of the molecule is O=C(O)CC(=O)OC[C@H]1O[C@@H](Oc2cc(O)cc3[o+]c(-c4ccc(O)c(O)c4)c(O[C@@H]4O[C@H](COC(=O)/C=C/c5ccc(O[C@@H]6O[C@H](CO)[C@@H](O)[C@H](O)[C@H]6O)cc5)[C@@H](O)[C@H](O)[C@H]4O[C@@H]4O[C@H](CO)[C@@H](O)[C@H](O)[C@H]4O)cc23)[C@H](O)[C@@H](O)[C@@H]1O. The van der Waals surface area contributed by atoms with Gasteiger partial charge in [0.2, 0.25) is 24.6 Å². The Bertz CT molecular complexity index is 2880. The largest absolute Gasteiger partial charge is 0.507 e. The highest BCUT2D eigenvalue weighted by atomic mass is 16.8. The molecule has 3 aromatic carbocycles. The Morgan fingerprint density at radius 3 is 1.68 bits per heavy atom. The van der Waals surface area contributed by atoms with Crippen LogP contribution in [0.25, 0.3) is 28.4 Å². The van der Waals surface area contributed by atoms with Crippen LogP contribution in [0.5, 0.6) is 34.5 Å². The van der Waals surface area contributed by atoms with Gasteiger partial charge in [-0.25, -0.2) is 9.21 Å². The van der Waals surface area contributed by atoms with E-state index in [4.69, 9.17) is 56.9 Å². The number of ether oxygens (including phenoxy) is 10. The van der Waals surface area contributed by atoms with Gasteiger partial charge in [-0.2, -0.15) is 0 Å². The summed E-state index contributed by atoms with van der Waals surface area (Å²) in [7, 11) is 0. The molecule has 8 rings (SSSR count). The number of carboxylic acids is 1. The van der Waals surface area contributed by atoms with Gasteiger partial charge < -0.3 is 134 Å². The van der Waals surface area contributed by atoms with E-state index < -0.39 is 202 Å². The van der Waals surface area contributed by atoms with E-state index >= 15 is 0 Å². The van der Waals surface area contributed by atoms with Gasteiger partial charge in [0, 0.05) is 24.3 Å². The average Bonchev–Trinajstić information content (AvgIpc) is 3.45. The third-order valence-corrected chi connectivity index (χ3v) is 13.5. The molecule has 1 aromatic heterocycles. The molecule has 0 spiro atoms. The zero-order chi connectivity index (χ0) is 59.4.